The molecule has 1 aromatic heterocycles. The topological polar surface area (TPSA) is 137 Å². The Morgan fingerprint density at radius 3 is 2.45 bits per heavy atom. The Balaban J connectivity index is 1.55. The first-order valence-electron chi connectivity index (χ1n) is 11.9. The van der Waals surface area contributed by atoms with E-state index >= 15 is 0 Å². The van der Waals surface area contributed by atoms with Gasteiger partial charge in [-0.15, -0.1) is 0 Å². The zero-order valence-electron chi connectivity index (χ0n) is 21.2. The molecule has 0 spiro atoms. The number of rotatable bonds is 8. The summed E-state index contributed by atoms with van der Waals surface area (Å²) >= 11 is 6.34. The Morgan fingerprint density at radius 2 is 1.79 bits per heavy atom. The molecule has 11 nitrogen and oxygen atoms in total. The largest absolute Gasteiger partial charge is 0.494 e. The number of sulfone groups is 1. The maximum Gasteiger partial charge on any atom is 0.407 e. The van der Waals surface area contributed by atoms with Crippen molar-refractivity contribution < 1.29 is 23.1 Å². The van der Waals surface area contributed by atoms with E-state index < -0.39 is 21.2 Å². The van der Waals surface area contributed by atoms with E-state index in [-0.39, 0.29) is 21.7 Å². The zero-order chi connectivity index (χ0) is 27.4. The molecule has 1 fully saturated rings. The van der Waals surface area contributed by atoms with Gasteiger partial charge in [-0.25, -0.2) is 18.2 Å². The van der Waals surface area contributed by atoms with Crippen molar-refractivity contribution in [1.29, 1.82) is 0 Å². The number of hydrogen-bond donors (Lipinski definition) is 3. The number of carboxylic acid groups (broad SMARTS) is 1. The molecular weight excluding hydrogens is 532 g/mol. The second-order valence-corrected chi connectivity index (χ2v) is 11.8. The van der Waals surface area contributed by atoms with Crippen molar-refractivity contribution in [3.8, 4) is 5.75 Å². The van der Waals surface area contributed by atoms with Crippen LogP contribution in [-0.4, -0.2) is 73.0 Å². The quantitative estimate of drug-likeness (QED) is 0.358. The molecule has 1 saturated heterocycles. The molecule has 2 aromatic carbocycles. The van der Waals surface area contributed by atoms with Gasteiger partial charge >= 0.3 is 6.09 Å². The maximum absolute atomic E-state index is 12.8. The molecule has 0 unspecified atom stereocenters. The van der Waals surface area contributed by atoms with Crippen molar-refractivity contribution >= 4 is 56.4 Å². The van der Waals surface area contributed by atoms with E-state index in [1.807, 2.05) is 18.2 Å². The number of benzene rings is 2. The molecule has 0 aliphatic carbocycles. The maximum atomic E-state index is 12.8. The minimum Gasteiger partial charge on any atom is -0.494 e. The van der Waals surface area contributed by atoms with Crippen molar-refractivity contribution in [3.05, 3.63) is 53.7 Å². The molecule has 3 aromatic rings. The van der Waals surface area contributed by atoms with Crippen molar-refractivity contribution in [2.45, 2.75) is 24.0 Å². The average Bonchev–Trinajstić information content (AvgIpc) is 2.91. The molecule has 0 atom stereocenters. The molecule has 1 aliphatic heterocycles. The number of nitrogens with zero attached hydrogens (tertiary/aromatic N) is 4. The molecule has 38 heavy (non-hydrogen) atoms. The molecule has 0 bridgehead atoms. The van der Waals surface area contributed by atoms with Gasteiger partial charge in [-0.3, -0.25) is 0 Å². The minimum absolute atomic E-state index is 0.153. The molecule has 0 saturated carbocycles. The summed E-state index contributed by atoms with van der Waals surface area (Å²) in [5, 5.41) is 15.0. The molecule has 2 heterocycles. The molecule has 13 heteroatoms. The SMILES string of the molecule is COc1cc(N2CCN(C(=O)O)CC2)ccc1Nc1ncc(Cl)c(Nc2ccccc2S(=O)(=O)C(C)C)n1. The Kier molecular flexibility index (Phi) is 8.12. The highest BCUT2D eigenvalue weighted by Gasteiger charge is 2.24. The fraction of sp³-hybridized carbons (Fsp3) is 0.320. The Bertz CT molecular complexity index is 1430. The Morgan fingerprint density at radius 1 is 1.08 bits per heavy atom. The van der Waals surface area contributed by atoms with Gasteiger partial charge in [0.05, 0.1) is 34.8 Å². The first kappa shape index (κ1) is 27.3. The van der Waals surface area contributed by atoms with Crippen LogP contribution in [0.3, 0.4) is 0 Å². The monoisotopic (exact) mass is 560 g/mol. The van der Waals surface area contributed by atoms with Crippen LogP contribution < -0.4 is 20.3 Å². The van der Waals surface area contributed by atoms with Gasteiger partial charge in [-0.2, -0.15) is 4.98 Å². The smallest absolute Gasteiger partial charge is 0.407 e. The Hall–Kier alpha value is -3.77. The van der Waals surface area contributed by atoms with E-state index in [1.165, 1.54) is 11.1 Å². The number of nitrogens with one attached hydrogen (secondary N) is 2. The van der Waals surface area contributed by atoms with Crippen LogP contribution in [0.4, 0.5) is 33.6 Å². The summed E-state index contributed by atoms with van der Waals surface area (Å²) in [5.74, 6) is 1.01. The summed E-state index contributed by atoms with van der Waals surface area (Å²) < 4.78 is 31.2. The Labute approximate surface area is 226 Å². The lowest BCUT2D eigenvalue weighted by atomic mass is 10.2. The third kappa shape index (κ3) is 5.86. The van der Waals surface area contributed by atoms with Gasteiger partial charge in [-0.05, 0) is 38.1 Å². The fourth-order valence-corrected chi connectivity index (χ4v) is 5.31. The number of para-hydroxylation sites is 1. The summed E-state index contributed by atoms with van der Waals surface area (Å²) in [7, 11) is -2.00. The third-order valence-electron chi connectivity index (χ3n) is 6.16. The van der Waals surface area contributed by atoms with Gasteiger partial charge in [0, 0.05) is 37.9 Å². The molecule has 202 valence electrons. The number of methoxy groups -OCH3 is 1. The molecule has 1 aliphatic rings. The van der Waals surface area contributed by atoms with Crippen molar-refractivity contribution in [2.24, 2.45) is 0 Å². The van der Waals surface area contributed by atoms with Gasteiger partial charge in [-0.1, -0.05) is 23.7 Å². The van der Waals surface area contributed by atoms with E-state index in [0.717, 1.165) is 5.69 Å². The number of halogens is 1. The highest BCUT2D eigenvalue weighted by Crippen LogP contribution is 2.34. The van der Waals surface area contributed by atoms with Crippen LogP contribution in [-0.2, 0) is 9.84 Å². The number of aromatic nitrogens is 2. The van der Waals surface area contributed by atoms with Gasteiger partial charge in [0.1, 0.15) is 10.8 Å². The number of carbonyl (C=O) groups is 1. The predicted octanol–water partition coefficient (Wildman–Crippen LogP) is 4.61. The predicted molar refractivity (Wildman–Crippen MR) is 147 cm³/mol. The molecule has 1 amide bonds. The van der Waals surface area contributed by atoms with Crippen molar-refractivity contribution in [1.82, 2.24) is 14.9 Å². The van der Waals surface area contributed by atoms with Crippen LogP contribution in [0.15, 0.2) is 53.6 Å². The van der Waals surface area contributed by atoms with Gasteiger partial charge in [0.2, 0.25) is 5.95 Å². The second kappa shape index (κ2) is 11.3. The van der Waals surface area contributed by atoms with Gasteiger partial charge in [0.15, 0.2) is 15.7 Å². The molecule has 3 N–H and O–H groups in total. The van der Waals surface area contributed by atoms with E-state index in [4.69, 9.17) is 16.3 Å². The lowest BCUT2D eigenvalue weighted by Crippen LogP contribution is -2.48. The van der Waals surface area contributed by atoms with Crippen LogP contribution in [0.5, 0.6) is 5.75 Å². The fourth-order valence-electron chi connectivity index (χ4n) is 3.97. The number of anilines is 5. The lowest BCUT2D eigenvalue weighted by Gasteiger charge is -2.34. The first-order chi connectivity index (χ1) is 18.1. The van der Waals surface area contributed by atoms with Crippen LogP contribution >= 0.6 is 11.6 Å². The van der Waals surface area contributed by atoms with Gasteiger partial charge in [0.25, 0.3) is 0 Å². The summed E-state index contributed by atoms with van der Waals surface area (Å²) in [6, 6.07) is 12.2. The average molecular weight is 561 g/mol. The number of amides is 1. The van der Waals surface area contributed by atoms with Crippen LogP contribution in [0.25, 0.3) is 0 Å². The lowest BCUT2D eigenvalue weighted by molar-refractivity contribution is 0.142. The summed E-state index contributed by atoms with van der Waals surface area (Å²) in [6.07, 6.45) is 0.505. The van der Waals surface area contributed by atoms with Crippen LogP contribution in [0.2, 0.25) is 5.02 Å². The number of hydrogen-bond acceptors (Lipinski definition) is 9. The number of piperazine rings is 1. The molecular formula is C25H29ClN6O5S. The van der Waals surface area contributed by atoms with E-state index in [9.17, 15) is 18.3 Å². The minimum atomic E-state index is -3.55. The van der Waals surface area contributed by atoms with E-state index in [0.29, 0.717) is 43.3 Å². The highest BCUT2D eigenvalue weighted by atomic mass is 35.5. The summed E-state index contributed by atoms with van der Waals surface area (Å²) in [4.78, 5) is 23.5. The zero-order valence-corrected chi connectivity index (χ0v) is 22.8. The highest BCUT2D eigenvalue weighted by molar-refractivity contribution is 7.92. The van der Waals surface area contributed by atoms with Crippen LogP contribution in [0.1, 0.15) is 13.8 Å². The number of ether oxygens (including phenoxy) is 1. The standard InChI is InChI=1S/C25H29ClN6O5S/c1-16(2)38(35,36)22-7-5-4-6-20(22)28-23-18(26)15-27-24(30-23)29-19-9-8-17(14-21(19)37-3)31-10-12-32(13-11-31)25(33)34/h4-9,14-16H,10-13H2,1-3H3,(H,33,34)(H2,27,28,29,30). The van der Waals surface area contributed by atoms with Gasteiger partial charge < -0.3 is 30.3 Å². The molecule has 4 rings (SSSR count). The van der Waals surface area contributed by atoms with Crippen molar-refractivity contribution in [2.75, 3.05) is 48.8 Å². The third-order valence-corrected chi connectivity index (χ3v) is 8.65. The second-order valence-electron chi connectivity index (χ2n) is 8.87. The van der Waals surface area contributed by atoms with E-state index in [1.54, 1.807) is 45.2 Å². The molecule has 0 radical (unpaired) electrons. The summed E-state index contributed by atoms with van der Waals surface area (Å²) in [5.41, 5.74) is 1.87. The first-order valence-corrected chi connectivity index (χ1v) is 13.8. The van der Waals surface area contributed by atoms with E-state index in [2.05, 4.69) is 25.5 Å². The summed E-state index contributed by atoms with van der Waals surface area (Å²) in [6.45, 7) is 5.25. The van der Waals surface area contributed by atoms with Crippen molar-refractivity contribution in [3.63, 3.8) is 0 Å². The van der Waals surface area contributed by atoms with Crippen LogP contribution in [0, 0.1) is 0 Å². The normalized spacial score (nSPS) is 13.9.